The van der Waals surface area contributed by atoms with Gasteiger partial charge in [-0.25, -0.2) is 4.39 Å². The zero-order chi connectivity index (χ0) is 12.5. The fourth-order valence-electron chi connectivity index (χ4n) is 2.75. The van der Waals surface area contributed by atoms with Crippen LogP contribution in [0.5, 0.6) is 0 Å². The van der Waals surface area contributed by atoms with E-state index < -0.39 is 5.60 Å². The van der Waals surface area contributed by atoms with Crippen LogP contribution >= 0.6 is 0 Å². The van der Waals surface area contributed by atoms with E-state index in [2.05, 4.69) is 11.9 Å². The summed E-state index contributed by atoms with van der Waals surface area (Å²) in [5.74, 6) is 0.571. The summed E-state index contributed by atoms with van der Waals surface area (Å²) in [7, 11) is 0. The van der Waals surface area contributed by atoms with Crippen LogP contribution in [-0.2, 0) is 5.60 Å². The molecule has 0 saturated heterocycles. The quantitative estimate of drug-likeness (QED) is 0.856. The van der Waals surface area contributed by atoms with Crippen molar-refractivity contribution in [2.75, 3.05) is 0 Å². The van der Waals surface area contributed by atoms with Gasteiger partial charge in [-0.2, -0.15) is 0 Å². The molecular formula is C14H20FNO. The molecule has 1 fully saturated rings. The van der Waals surface area contributed by atoms with Crippen LogP contribution in [0, 0.1) is 17.7 Å². The summed E-state index contributed by atoms with van der Waals surface area (Å²) in [6, 6.07) is 1.39. The third-order valence-corrected chi connectivity index (χ3v) is 4.10. The largest absolute Gasteiger partial charge is 0.385 e. The number of hydrogen-bond acceptors (Lipinski definition) is 2. The number of halogens is 1. The highest BCUT2D eigenvalue weighted by Crippen LogP contribution is 2.40. The number of aliphatic hydroxyl groups is 1. The van der Waals surface area contributed by atoms with E-state index in [1.807, 2.05) is 0 Å². The molecule has 0 aliphatic heterocycles. The van der Waals surface area contributed by atoms with Crippen molar-refractivity contribution in [3.8, 4) is 0 Å². The van der Waals surface area contributed by atoms with E-state index in [-0.39, 0.29) is 11.7 Å². The molecular weight excluding hydrogens is 217 g/mol. The van der Waals surface area contributed by atoms with Crippen LogP contribution < -0.4 is 0 Å². The number of hydrogen-bond donors (Lipinski definition) is 1. The van der Waals surface area contributed by atoms with Crippen molar-refractivity contribution in [2.45, 2.75) is 45.1 Å². The molecule has 1 saturated carbocycles. The third-order valence-electron chi connectivity index (χ3n) is 4.10. The van der Waals surface area contributed by atoms with Crippen LogP contribution in [0.3, 0.4) is 0 Å². The average molecular weight is 237 g/mol. The molecule has 0 radical (unpaired) electrons. The van der Waals surface area contributed by atoms with Gasteiger partial charge in [-0.15, -0.1) is 0 Å². The first-order chi connectivity index (χ1) is 8.00. The van der Waals surface area contributed by atoms with Gasteiger partial charge >= 0.3 is 0 Å². The lowest BCUT2D eigenvalue weighted by Crippen LogP contribution is -2.34. The minimum Gasteiger partial charge on any atom is -0.385 e. The maximum absolute atomic E-state index is 13.2. The minimum absolute atomic E-state index is 0.210. The number of rotatable bonds is 2. The van der Waals surface area contributed by atoms with Crippen molar-refractivity contribution in [3.05, 3.63) is 29.8 Å². The summed E-state index contributed by atoms with van der Waals surface area (Å²) in [5.41, 5.74) is -0.369. The molecule has 2 rings (SSSR count). The van der Waals surface area contributed by atoms with Gasteiger partial charge in [0.25, 0.3) is 0 Å². The van der Waals surface area contributed by atoms with Gasteiger partial charge in [0.2, 0.25) is 0 Å². The van der Waals surface area contributed by atoms with Crippen LogP contribution in [-0.4, -0.2) is 10.1 Å². The fourth-order valence-corrected chi connectivity index (χ4v) is 2.75. The molecule has 94 valence electrons. The maximum Gasteiger partial charge on any atom is 0.141 e. The van der Waals surface area contributed by atoms with E-state index in [4.69, 9.17) is 0 Å². The van der Waals surface area contributed by atoms with Crippen LogP contribution in [0.1, 0.15) is 45.1 Å². The fraction of sp³-hybridized carbons (Fsp3) is 0.643. The lowest BCUT2D eigenvalue weighted by molar-refractivity contribution is -0.0269. The maximum atomic E-state index is 13.2. The van der Waals surface area contributed by atoms with E-state index in [9.17, 15) is 9.50 Å². The predicted molar refractivity (Wildman–Crippen MR) is 64.9 cm³/mol. The van der Waals surface area contributed by atoms with Crippen LogP contribution in [0.2, 0.25) is 0 Å². The Bertz CT molecular complexity index is 384. The standard InChI is InChI=1S/C14H20FNO/c1-10-3-5-11(6-4-10)14(2,17)12-7-13(15)9-16-8-12/h7-11,17H,3-6H2,1-2H3. The Morgan fingerprint density at radius 2 is 1.94 bits per heavy atom. The van der Waals surface area contributed by atoms with Crippen molar-refractivity contribution in [3.63, 3.8) is 0 Å². The second-order valence-corrected chi connectivity index (χ2v) is 5.50. The Morgan fingerprint density at radius 1 is 1.29 bits per heavy atom. The zero-order valence-corrected chi connectivity index (χ0v) is 10.5. The lowest BCUT2D eigenvalue weighted by atomic mass is 9.72. The second-order valence-electron chi connectivity index (χ2n) is 5.50. The Morgan fingerprint density at radius 3 is 2.53 bits per heavy atom. The molecule has 1 unspecified atom stereocenters. The van der Waals surface area contributed by atoms with Crippen LogP contribution in [0.4, 0.5) is 4.39 Å². The van der Waals surface area contributed by atoms with E-state index >= 15 is 0 Å². The summed E-state index contributed by atoms with van der Waals surface area (Å²) < 4.78 is 13.2. The van der Waals surface area contributed by atoms with Crippen molar-refractivity contribution < 1.29 is 9.50 Å². The molecule has 0 amide bonds. The molecule has 17 heavy (non-hydrogen) atoms. The van der Waals surface area contributed by atoms with Crippen LogP contribution in [0.15, 0.2) is 18.5 Å². The first-order valence-corrected chi connectivity index (χ1v) is 6.33. The molecule has 1 aromatic rings. The third kappa shape index (κ3) is 2.65. The SMILES string of the molecule is CC1CCC(C(C)(O)c2cncc(F)c2)CC1. The summed E-state index contributed by atoms with van der Waals surface area (Å²) in [6.07, 6.45) is 7.03. The van der Waals surface area contributed by atoms with Gasteiger partial charge in [0.1, 0.15) is 5.82 Å². The highest BCUT2D eigenvalue weighted by molar-refractivity contribution is 5.19. The van der Waals surface area contributed by atoms with E-state index in [1.54, 1.807) is 13.1 Å². The molecule has 1 atom stereocenters. The Balaban J connectivity index is 2.18. The summed E-state index contributed by atoms with van der Waals surface area (Å²) >= 11 is 0. The zero-order valence-electron chi connectivity index (χ0n) is 10.5. The molecule has 1 aliphatic carbocycles. The summed E-state index contributed by atoms with van der Waals surface area (Å²) in [6.45, 7) is 4.03. The molecule has 1 aliphatic rings. The van der Waals surface area contributed by atoms with Crippen molar-refractivity contribution in [1.29, 1.82) is 0 Å². The molecule has 1 N–H and O–H groups in total. The first kappa shape index (κ1) is 12.5. The van der Waals surface area contributed by atoms with Gasteiger partial charge in [0.15, 0.2) is 0 Å². The van der Waals surface area contributed by atoms with E-state index in [0.29, 0.717) is 5.56 Å². The van der Waals surface area contributed by atoms with E-state index in [1.165, 1.54) is 12.3 Å². The highest BCUT2D eigenvalue weighted by atomic mass is 19.1. The van der Waals surface area contributed by atoms with Gasteiger partial charge in [-0.3, -0.25) is 4.98 Å². The van der Waals surface area contributed by atoms with Gasteiger partial charge < -0.3 is 5.11 Å². The van der Waals surface area contributed by atoms with Crippen molar-refractivity contribution >= 4 is 0 Å². The van der Waals surface area contributed by atoms with E-state index in [0.717, 1.165) is 31.6 Å². The smallest absolute Gasteiger partial charge is 0.141 e. The molecule has 2 nitrogen and oxygen atoms in total. The number of pyridine rings is 1. The Hall–Kier alpha value is -0.960. The molecule has 1 heterocycles. The molecule has 0 spiro atoms. The average Bonchev–Trinajstić information content (AvgIpc) is 2.29. The summed E-state index contributed by atoms with van der Waals surface area (Å²) in [4.78, 5) is 3.83. The second kappa shape index (κ2) is 4.73. The summed E-state index contributed by atoms with van der Waals surface area (Å²) in [5, 5.41) is 10.6. The van der Waals surface area contributed by atoms with Crippen LogP contribution in [0.25, 0.3) is 0 Å². The highest BCUT2D eigenvalue weighted by Gasteiger charge is 2.36. The number of aromatic nitrogens is 1. The molecule has 3 heteroatoms. The Kier molecular flexibility index (Phi) is 3.48. The topological polar surface area (TPSA) is 33.1 Å². The monoisotopic (exact) mass is 237 g/mol. The Labute approximate surface area is 102 Å². The lowest BCUT2D eigenvalue weighted by Gasteiger charge is -2.37. The van der Waals surface area contributed by atoms with Crippen molar-refractivity contribution in [1.82, 2.24) is 4.98 Å². The van der Waals surface area contributed by atoms with Gasteiger partial charge in [0.05, 0.1) is 11.8 Å². The van der Waals surface area contributed by atoms with Gasteiger partial charge in [-0.1, -0.05) is 19.8 Å². The van der Waals surface area contributed by atoms with Gasteiger partial charge in [0, 0.05) is 11.8 Å². The molecule has 0 bridgehead atoms. The minimum atomic E-state index is -0.963. The first-order valence-electron chi connectivity index (χ1n) is 6.33. The predicted octanol–water partition coefficient (Wildman–Crippen LogP) is 3.25. The number of nitrogens with zero attached hydrogens (tertiary/aromatic N) is 1. The van der Waals surface area contributed by atoms with Crippen molar-refractivity contribution in [2.24, 2.45) is 11.8 Å². The molecule has 1 aromatic heterocycles. The molecule has 0 aromatic carbocycles. The normalized spacial score (nSPS) is 28.7. The van der Waals surface area contributed by atoms with Gasteiger partial charge in [-0.05, 0) is 37.7 Å².